The van der Waals surface area contributed by atoms with E-state index in [0.717, 1.165) is 18.7 Å². The number of alkyl halides is 2. The molecule has 0 spiro atoms. The lowest BCUT2D eigenvalue weighted by molar-refractivity contribution is -0.0498. The summed E-state index contributed by atoms with van der Waals surface area (Å²) in [5, 5.41) is 6.56. The van der Waals surface area contributed by atoms with Crippen molar-refractivity contribution in [1.82, 2.24) is 15.5 Å². The second-order valence-corrected chi connectivity index (χ2v) is 5.23. The maximum absolute atomic E-state index is 12.2. The normalized spacial score (nSPS) is 14.0. The Kier molecular flexibility index (Phi) is 4.50. The lowest BCUT2D eigenvalue weighted by Gasteiger charge is -2.07. The molecule has 1 aromatic heterocycles. The summed E-state index contributed by atoms with van der Waals surface area (Å²) in [5.74, 6) is 1.18. The zero-order valence-corrected chi connectivity index (χ0v) is 12.2. The largest absolute Gasteiger partial charge is 0.435 e. The number of carbonyl (C=O) groups is 1. The van der Waals surface area contributed by atoms with Gasteiger partial charge in [0.25, 0.3) is 5.91 Å². The van der Waals surface area contributed by atoms with Crippen LogP contribution >= 0.6 is 0 Å². The van der Waals surface area contributed by atoms with Gasteiger partial charge < -0.3 is 14.6 Å². The molecule has 2 aromatic rings. The maximum atomic E-state index is 12.2. The Morgan fingerprint density at radius 1 is 1.43 bits per heavy atom. The summed E-state index contributed by atoms with van der Waals surface area (Å²) in [7, 11) is 0. The second kappa shape index (κ2) is 6.72. The fraction of sp³-hybridized carbons (Fsp3) is 0.400. The first-order valence-electron chi connectivity index (χ1n) is 7.27. The number of amides is 1. The first-order valence-corrected chi connectivity index (χ1v) is 7.27. The van der Waals surface area contributed by atoms with E-state index in [0.29, 0.717) is 24.8 Å². The van der Waals surface area contributed by atoms with E-state index < -0.39 is 6.61 Å². The highest BCUT2D eigenvalue weighted by molar-refractivity contribution is 5.94. The number of hydrogen-bond acceptors (Lipinski definition) is 5. The summed E-state index contributed by atoms with van der Waals surface area (Å²) in [6, 6.07) is 5.62. The molecule has 0 bridgehead atoms. The SMILES string of the molecule is O=C(NCCc1nc(C2CC2)no1)c1cccc(OC(F)F)c1. The van der Waals surface area contributed by atoms with E-state index in [1.54, 1.807) is 0 Å². The Bertz CT molecular complexity index is 686. The predicted molar refractivity (Wildman–Crippen MR) is 75.4 cm³/mol. The highest BCUT2D eigenvalue weighted by Gasteiger charge is 2.28. The van der Waals surface area contributed by atoms with Gasteiger partial charge in [0.05, 0.1) is 0 Å². The average molecular weight is 323 g/mol. The minimum absolute atomic E-state index is 0.0568. The number of rotatable bonds is 7. The van der Waals surface area contributed by atoms with Crippen molar-refractivity contribution in [2.75, 3.05) is 6.54 Å². The van der Waals surface area contributed by atoms with Crippen LogP contribution < -0.4 is 10.1 Å². The molecule has 8 heteroatoms. The van der Waals surface area contributed by atoms with Gasteiger partial charge in [-0.1, -0.05) is 11.2 Å². The van der Waals surface area contributed by atoms with Crippen molar-refractivity contribution in [1.29, 1.82) is 0 Å². The molecule has 1 aromatic carbocycles. The van der Waals surface area contributed by atoms with Crippen LogP contribution in [0.5, 0.6) is 5.75 Å². The monoisotopic (exact) mass is 323 g/mol. The molecule has 0 radical (unpaired) electrons. The number of ether oxygens (including phenoxy) is 1. The van der Waals surface area contributed by atoms with Gasteiger partial charge in [0, 0.05) is 24.4 Å². The average Bonchev–Trinajstić information content (AvgIpc) is 3.26. The third-order valence-electron chi connectivity index (χ3n) is 3.37. The Hall–Kier alpha value is -2.51. The van der Waals surface area contributed by atoms with Gasteiger partial charge in [-0.15, -0.1) is 0 Å². The molecule has 6 nitrogen and oxygen atoms in total. The summed E-state index contributed by atoms with van der Waals surface area (Å²) in [6.07, 6.45) is 2.60. The minimum Gasteiger partial charge on any atom is -0.435 e. The smallest absolute Gasteiger partial charge is 0.387 e. The van der Waals surface area contributed by atoms with Gasteiger partial charge in [0.1, 0.15) is 5.75 Å². The summed E-state index contributed by atoms with van der Waals surface area (Å²) in [5.41, 5.74) is 0.243. The van der Waals surface area contributed by atoms with Gasteiger partial charge in [-0.25, -0.2) is 0 Å². The van der Waals surface area contributed by atoms with Crippen molar-refractivity contribution in [2.45, 2.75) is 31.8 Å². The van der Waals surface area contributed by atoms with Gasteiger partial charge in [0.2, 0.25) is 5.89 Å². The highest BCUT2D eigenvalue weighted by Crippen LogP contribution is 2.38. The fourth-order valence-corrected chi connectivity index (χ4v) is 2.08. The molecule has 0 unspecified atom stereocenters. The van der Waals surface area contributed by atoms with Crippen LogP contribution in [0.3, 0.4) is 0 Å². The predicted octanol–water partition coefficient (Wildman–Crippen LogP) is 2.52. The number of nitrogens with one attached hydrogen (secondary N) is 1. The van der Waals surface area contributed by atoms with Crippen LogP contribution in [0, 0.1) is 0 Å². The second-order valence-electron chi connectivity index (χ2n) is 5.23. The molecule has 1 saturated carbocycles. The summed E-state index contributed by atoms with van der Waals surface area (Å²) < 4.78 is 33.7. The molecular formula is C15H15F2N3O3. The van der Waals surface area contributed by atoms with Crippen molar-refractivity contribution in [3.63, 3.8) is 0 Å². The summed E-state index contributed by atoms with van der Waals surface area (Å²) >= 11 is 0. The third-order valence-corrected chi connectivity index (χ3v) is 3.37. The van der Waals surface area contributed by atoms with E-state index in [-0.39, 0.29) is 17.2 Å². The van der Waals surface area contributed by atoms with Crippen molar-refractivity contribution < 1.29 is 22.8 Å². The topological polar surface area (TPSA) is 77.3 Å². The van der Waals surface area contributed by atoms with Gasteiger partial charge in [-0.05, 0) is 31.0 Å². The van der Waals surface area contributed by atoms with Crippen molar-refractivity contribution >= 4 is 5.91 Å². The third kappa shape index (κ3) is 4.24. The van der Waals surface area contributed by atoms with Crippen LogP contribution in [0.2, 0.25) is 0 Å². The number of carbonyl (C=O) groups excluding carboxylic acids is 1. The molecule has 122 valence electrons. The summed E-state index contributed by atoms with van der Waals surface area (Å²) in [4.78, 5) is 16.2. The van der Waals surface area contributed by atoms with Crippen LogP contribution in [-0.2, 0) is 6.42 Å². The number of aromatic nitrogens is 2. The molecule has 3 rings (SSSR count). The zero-order valence-electron chi connectivity index (χ0n) is 12.2. The quantitative estimate of drug-likeness (QED) is 0.847. The van der Waals surface area contributed by atoms with Gasteiger partial charge in [0.15, 0.2) is 5.82 Å². The van der Waals surface area contributed by atoms with Crippen LogP contribution in [0.25, 0.3) is 0 Å². The Balaban J connectivity index is 1.50. The van der Waals surface area contributed by atoms with E-state index >= 15 is 0 Å². The Morgan fingerprint density at radius 2 is 2.26 bits per heavy atom. The van der Waals surface area contributed by atoms with Gasteiger partial charge in [-0.2, -0.15) is 13.8 Å². The number of halogens is 2. The number of hydrogen-bond donors (Lipinski definition) is 1. The first-order chi connectivity index (χ1) is 11.1. The molecule has 0 atom stereocenters. The van der Waals surface area contributed by atoms with E-state index in [9.17, 15) is 13.6 Å². The van der Waals surface area contributed by atoms with Crippen molar-refractivity contribution in [2.24, 2.45) is 0 Å². The van der Waals surface area contributed by atoms with Crippen LogP contribution in [-0.4, -0.2) is 29.2 Å². The van der Waals surface area contributed by atoms with E-state index in [1.807, 2.05) is 0 Å². The maximum Gasteiger partial charge on any atom is 0.387 e. The molecular weight excluding hydrogens is 308 g/mol. The summed E-state index contributed by atoms with van der Waals surface area (Å²) in [6.45, 7) is -2.61. The molecule has 1 amide bonds. The molecule has 1 N–H and O–H groups in total. The van der Waals surface area contributed by atoms with Crippen LogP contribution in [0.4, 0.5) is 8.78 Å². The molecule has 0 aliphatic heterocycles. The van der Waals surface area contributed by atoms with Gasteiger partial charge in [-0.3, -0.25) is 4.79 Å². The molecule has 1 aliphatic carbocycles. The number of benzene rings is 1. The van der Waals surface area contributed by atoms with E-state index in [2.05, 4.69) is 20.2 Å². The Labute approximate surface area is 130 Å². The highest BCUT2D eigenvalue weighted by atomic mass is 19.3. The lowest BCUT2D eigenvalue weighted by atomic mass is 10.2. The zero-order chi connectivity index (χ0) is 16.2. The first kappa shape index (κ1) is 15.4. The lowest BCUT2D eigenvalue weighted by Crippen LogP contribution is -2.25. The molecule has 1 aliphatic rings. The van der Waals surface area contributed by atoms with Crippen LogP contribution in [0.1, 0.15) is 40.8 Å². The standard InChI is InChI=1S/C15H15F2N3O3/c16-15(17)22-11-3-1-2-10(8-11)14(21)18-7-6-12-19-13(20-23-12)9-4-5-9/h1-3,8-9,15H,4-7H2,(H,18,21). The number of nitrogens with zero attached hydrogens (tertiary/aromatic N) is 2. The fourth-order valence-electron chi connectivity index (χ4n) is 2.08. The molecule has 23 heavy (non-hydrogen) atoms. The van der Waals surface area contributed by atoms with Crippen molar-refractivity contribution in [3.8, 4) is 5.75 Å². The molecule has 1 heterocycles. The molecule has 0 saturated heterocycles. The molecule has 1 fully saturated rings. The minimum atomic E-state index is -2.92. The Morgan fingerprint density at radius 3 is 3.00 bits per heavy atom. The van der Waals surface area contributed by atoms with Crippen molar-refractivity contribution in [3.05, 3.63) is 41.5 Å². The van der Waals surface area contributed by atoms with Gasteiger partial charge >= 0.3 is 6.61 Å². The van der Waals surface area contributed by atoms with E-state index in [1.165, 1.54) is 24.3 Å². The van der Waals surface area contributed by atoms with Crippen LogP contribution in [0.15, 0.2) is 28.8 Å². The van der Waals surface area contributed by atoms with E-state index in [4.69, 9.17) is 4.52 Å².